The smallest absolute Gasteiger partial charge is 0.234 e. The van der Waals surface area contributed by atoms with Gasteiger partial charge in [0, 0.05) is 10.6 Å². The average Bonchev–Trinajstić information content (AvgIpc) is 2.86. The van der Waals surface area contributed by atoms with Gasteiger partial charge in [-0.1, -0.05) is 34.5 Å². The molecule has 0 unspecified atom stereocenters. The predicted octanol–water partition coefficient (Wildman–Crippen LogP) is 3.05. The van der Waals surface area contributed by atoms with E-state index in [-0.39, 0.29) is 0 Å². The molecule has 0 aliphatic rings. The van der Waals surface area contributed by atoms with Crippen molar-refractivity contribution in [1.29, 1.82) is 0 Å². The second kappa shape index (κ2) is 4.08. The van der Waals surface area contributed by atoms with Gasteiger partial charge in [0.15, 0.2) is 5.82 Å². The van der Waals surface area contributed by atoms with E-state index in [9.17, 15) is 0 Å². The van der Waals surface area contributed by atoms with Gasteiger partial charge in [-0.3, -0.25) is 0 Å². The molecule has 0 amide bonds. The van der Waals surface area contributed by atoms with Gasteiger partial charge in [-0.15, -0.1) is 10.2 Å². The molecule has 0 spiro atoms. The van der Waals surface area contributed by atoms with Crippen LogP contribution >= 0.6 is 34.5 Å². The molecule has 0 aliphatic carbocycles. The van der Waals surface area contributed by atoms with E-state index in [1.54, 1.807) is 16.6 Å². The van der Waals surface area contributed by atoms with Crippen LogP contribution in [0.5, 0.6) is 0 Å². The van der Waals surface area contributed by atoms with Crippen LogP contribution in [0.25, 0.3) is 15.5 Å². The van der Waals surface area contributed by atoms with Crippen LogP contribution in [0.3, 0.4) is 0 Å². The average molecular weight is 300 g/mol. The van der Waals surface area contributed by atoms with Gasteiger partial charge >= 0.3 is 0 Å². The Balaban J connectivity index is 2.25. The van der Waals surface area contributed by atoms with Crippen molar-refractivity contribution in [2.75, 3.05) is 5.73 Å². The number of hydrogen-bond donors (Lipinski definition) is 1. The molecule has 92 valence electrons. The number of anilines is 1. The van der Waals surface area contributed by atoms with Crippen molar-refractivity contribution >= 4 is 45.2 Å². The summed E-state index contributed by atoms with van der Waals surface area (Å²) in [6.07, 6.45) is 0. The van der Waals surface area contributed by atoms with E-state index in [0.29, 0.717) is 31.3 Å². The van der Waals surface area contributed by atoms with Gasteiger partial charge in [-0.2, -0.15) is 9.61 Å². The Morgan fingerprint density at radius 1 is 1.28 bits per heavy atom. The van der Waals surface area contributed by atoms with Gasteiger partial charge in [0.25, 0.3) is 0 Å². The van der Waals surface area contributed by atoms with Crippen LogP contribution < -0.4 is 5.73 Å². The molecule has 0 atom stereocenters. The molecule has 2 heterocycles. The Morgan fingerprint density at radius 2 is 2.06 bits per heavy atom. The molecule has 2 aromatic heterocycles. The van der Waals surface area contributed by atoms with Gasteiger partial charge in [-0.25, -0.2) is 0 Å². The molecule has 18 heavy (non-hydrogen) atoms. The zero-order chi connectivity index (χ0) is 12.9. The lowest BCUT2D eigenvalue weighted by molar-refractivity contribution is 0.898. The summed E-state index contributed by atoms with van der Waals surface area (Å²) in [6.45, 7) is 1.83. The number of nitrogen functional groups attached to an aromatic ring is 1. The highest BCUT2D eigenvalue weighted by molar-refractivity contribution is 7.19. The van der Waals surface area contributed by atoms with Gasteiger partial charge in [0.2, 0.25) is 4.96 Å². The van der Waals surface area contributed by atoms with Crippen LogP contribution in [0, 0.1) is 6.92 Å². The first-order valence-corrected chi connectivity index (χ1v) is 6.57. The van der Waals surface area contributed by atoms with Crippen LogP contribution in [0.1, 0.15) is 5.82 Å². The van der Waals surface area contributed by atoms with Crippen LogP contribution in [0.2, 0.25) is 10.0 Å². The second-order valence-corrected chi connectivity index (χ2v) is 5.50. The normalized spacial score (nSPS) is 11.3. The van der Waals surface area contributed by atoms with Crippen molar-refractivity contribution < 1.29 is 0 Å². The van der Waals surface area contributed by atoms with Crippen LogP contribution in [0.15, 0.2) is 12.1 Å². The summed E-state index contributed by atoms with van der Waals surface area (Å²) in [5.41, 5.74) is 7.12. The fraction of sp³-hybridized carbons (Fsp3) is 0.100. The van der Waals surface area contributed by atoms with Crippen molar-refractivity contribution in [3.63, 3.8) is 0 Å². The van der Waals surface area contributed by atoms with E-state index in [1.165, 1.54) is 11.3 Å². The highest BCUT2D eigenvalue weighted by Crippen LogP contribution is 2.36. The summed E-state index contributed by atoms with van der Waals surface area (Å²) >= 11 is 13.4. The van der Waals surface area contributed by atoms with Crippen LogP contribution in [-0.4, -0.2) is 19.8 Å². The predicted molar refractivity (Wildman–Crippen MR) is 73.3 cm³/mol. The maximum Gasteiger partial charge on any atom is 0.234 e. The highest BCUT2D eigenvalue weighted by atomic mass is 35.5. The quantitative estimate of drug-likeness (QED) is 0.701. The zero-order valence-electron chi connectivity index (χ0n) is 9.19. The highest BCUT2D eigenvalue weighted by Gasteiger charge is 2.15. The number of hydrogen-bond acceptors (Lipinski definition) is 5. The fourth-order valence-corrected chi connectivity index (χ4v) is 2.99. The molecule has 0 radical (unpaired) electrons. The first kappa shape index (κ1) is 11.7. The van der Waals surface area contributed by atoms with Crippen LogP contribution in [0.4, 0.5) is 5.69 Å². The second-order valence-electron chi connectivity index (χ2n) is 3.70. The summed E-state index contributed by atoms with van der Waals surface area (Å²) in [6, 6.07) is 3.34. The topological polar surface area (TPSA) is 69.1 Å². The zero-order valence-corrected chi connectivity index (χ0v) is 11.5. The first-order valence-electron chi connectivity index (χ1n) is 5.00. The number of rotatable bonds is 1. The minimum absolute atomic E-state index is 0.417. The fourth-order valence-electron chi connectivity index (χ4n) is 1.59. The lowest BCUT2D eigenvalue weighted by Gasteiger charge is -2.04. The lowest BCUT2D eigenvalue weighted by Crippen LogP contribution is -1.93. The standard InChI is InChI=1S/C10H7Cl2N5S/c1-4-14-15-10-17(4)16-9(18-10)6-2-5(11)3-7(12)8(6)13/h2-3H,13H2,1H3. The maximum atomic E-state index is 6.01. The van der Waals surface area contributed by atoms with Gasteiger partial charge in [0.1, 0.15) is 5.01 Å². The Bertz CT molecular complexity index is 748. The summed E-state index contributed by atoms with van der Waals surface area (Å²) in [7, 11) is 0. The molecule has 8 heteroatoms. The minimum Gasteiger partial charge on any atom is -0.397 e. The lowest BCUT2D eigenvalue weighted by atomic mass is 10.2. The van der Waals surface area contributed by atoms with E-state index >= 15 is 0 Å². The Labute approximate surface area is 116 Å². The Kier molecular flexibility index (Phi) is 2.65. The van der Waals surface area contributed by atoms with E-state index in [0.717, 1.165) is 5.82 Å². The van der Waals surface area contributed by atoms with Crippen molar-refractivity contribution in [3.05, 3.63) is 28.0 Å². The number of nitrogens with zero attached hydrogens (tertiary/aromatic N) is 4. The molecule has 1 aromatic carbocycles. The summed E-state index contributed by atoms with van der Waals surface area (Å²) in [5.74, 6) is 0.721. The maximum absolute atomic E-state index is 6.01. The van der Waals surface area contributed by atoms with Crippen LogP contribution in [-0.2, 0) is 0 Å². The van der Waals surface area contributed by atoms with E-state index < -0.39 is 0 Å². The van der Waals surface area contributed by atoms with Gasteiger partial charge in [-0.05, 0) is 19.1 Å². The largest absolute Gasteiger partial charge is 0.397 e. The van der Waals surface area contributed by atoms with Crippen molar-refractivity contribution in [2.24, 2.45) is 0 Å². The number of fused-ring (bicyclic) bond motifs is 1. The summed E-state index contributed by atoms with van der Waals surface area (Å²) in [4.78, 5) is 0.706. The summed E-state index contributed by atoms with van der Waals surface area (Å²) < 4.78 is 1.66. The molecular weight excluding hydrogens is 293 g/mol. The molecule has 0 bridgehead atoms. The van der Waals surface area contributed by atoms with Crippen molar-refractivity contribution in [2.45, 2.75) is 6.92 Å². The third kappa shape index (κ3) is 1.73. The Hall–Kier alpha value is -1.37. The van der Waals surface area contributed by atoms with Gasteiger partial charge < -0.3 is 5.73 Å². The number of benzene rings is 1. The minimum atomic E-state index is 0.417. The molecule has 0 fully saturated rings. The van der Waals surface area contributed by atoms with Crippen molar-refractivity contribution in [3.8, 4) is 10.6 Å². The molecule has 3 rings (SSSR count). The molecule has 3 aromatic rings. The van der Waals surface area contributed by atoms with Crippen molar-refractivity contribution in [1.82, 2.24) is 19.8 Å². The SMILES string of the molecule is Cc1nnc2sc(-c3cc(Cl)cc(Cl)c3N)nn12. The summed E-state index contributed by atoms with van der Waals surface area (Å²) in [5, 5.41) is 14.0. The molecule has 0 aliphatic heterocycles. The monoisotopic (exact) mass is 299 g/mol. The molecule has 5 nitrogen and oxygen atoms in total. The number of halogens is 2. The third-order valence-corrected chi connectivity index (χ3v) is 3.93. The number of aryl methyl sites for hydroxylation is 1. The molecular formula is C10H7Cl2N5S. The van der Waals surface area contributed by atoms with E-state index in [4.69, 9.17) is 28.9 Å². The third-order valence-electron chi connectivity index (χ3n) is 2.47. The molecule has 2 N–H and O–H groups in total. The number of nitrogens with two attached hydrogens (primary N) is 1. The van der Waals surface area contributed by atoms with E-state index in [2.05, 4.69) is 15.3 Å². The first-order chi connectivity index (χ1) is 8.56. The number of aromatic nitrogens is 4. The van der Waals surface area contributed by atoms with E-state index in [1.807, 2.05) is 6.92 Å². The van der Waals surface area contributed by atoms with Gasteiger partial charge in [0.05, 0.1) is 10.7 Å². The Morgan fingerprint density at radius 3 is 2.78 bits per heavy atom. The molecule has 0 saturated carbocycles. The molecule has 0 saturated heterocycles.